The molecule has 0 radical (unpaired) electrons. The first-order valence-electron chi connectivity index (χ1n) is 7.68. The van der Waals surface area contributed by atoms with Crippen LogP contribution in [0.2, 0.25) is 0 Å². The van der Waals surface area contributed by atoms with E-state index in [2.05, 4.69) is 27.7 Å². The monoisotopic (exact) mass is 274 g/mol. The van der Waals surface area contributed by atoms with E-state index in [0.29, 0.717) is 12.0 Å². The Labute approximate surface area is 119 Å². The van der Waals surface area contributed by atoms with E-state index in [-0.39, 0.29) is 6.42 Å². The molecule has 0 spiro atoms. The lowest BCUT2D eigenvalue weighted by Gasteiger charge is -2.17. The quantitative estimate of drug-likeness (QED) is 0.479. The number of hydrogen-bond donors (Lipinski definition) is 0. The van der Waals surface area contributed by atoms with Crippen LogP contribution in [0.1, 0.15) is 85.5 Å². The van der Waals surface area contributed by atoms with Crippen molar-refractivity contribution in [3.05, 3.63) is 0 Å². The lowest BCUT2D eigenvalue weighted by atomic mass is 9.89. The van der Waals surface area contributed by atoms with Crippen LogP contribution in [0.5, 0.6) is 0 Å². The van der Waals surface area contributed by atoms with Gasteiger partial charge in [-0.1, -0.05) is 53.4 Å². The van der Waals surface area contributed by atoms with Crippen LogP contribution in [0.4, 0.5) is 0 Å². The fraction of sp³-hybridized carbons (Fsp3) is 0.938. The van der Waals surface area contributed by atoms with E-state index in [1.54, 1.807) is 0 Å². The molecular formula is C16H34O3. The minimum absolute atomic E-state index is 0.212. The fourth-order valence-electron chi connectivity index (χ4n) is 1.65. The van der Waals surface area contributed by atoms with Crippen molar-refractivity contribution in [1.29, 1.82) is 0 Å². The summed E-state index contributed by atoms with van der Waals surface area (Å²) >= 11 is 0. The van der Waals surface area contributed by atoms with Crippen LogP contribution in [0.15, 0.2) is 0 Å². The molecule has 2 N–H and O–H groups in total. The van der Waals surface area contributed by atoms with Gasteiger partial charge in [0.1, 0.15) is 6.61 Å². The average molecular weight is 274 g/mol. The smallest absolute Gasteiger partial charge is 0.143 e. The number of carbonyl (C=O) groups excluding carboxylic acids is 1. The third-order valence-corrected chi connectivity index (χ3v) is 2.84. The van der Waals surface area contributed by atoms with E-state index in [0.717, 1.165) is 25.7 Å². The standard InChI is InChI=1S/C10H20O2.C6H14O/c1-10(2,3)8-6-4-5-7-9(11)12;1-2-3-4-5-6-7/h4-8H2,1-3H3,(H,11,12);7H,2-6H2,1H3. The molecule has 0 aromatic carbocycles. The molecule has 0 aliphatic heterocycles. The zero-order valence-electron chi connectivity index (χ0n) is 13.4. The molecule has 0 aliphatic rings. The van der Waals surface area contributed by atoms with Crippen LogP contribution in [-0.4, -0.2) is 17.7 Å². The molecule has 0 saturated heterocycles. The predicted molar refractivity (Wildman–Crippen MR) is 80.2 cm³/mol. The molecule has 0 aromatic heterocycles. The van der Waals surface area contributed by atoms with Crippen molar-refractivity contribution in [2.75, 3.05) is 6.61 Å². The fourth-order valence-corrected chi connectivity index (χ4v) is 1.65. The third kappa shape index (κ3) is 26.9. The maximum atomic E-state index is 10.0. The van der Waals surface area contributed by atoms with Gasteiger partial charge in [0.25, 0.3) is 0 Å². The predicted octanol–water partition coefficient (Wildman–Crippen LogP) is 3.02. The van der Waals surface area contributed by atoms with E-state index < -0.39 is 5.97 Å². The largest absolute Gasteiger partial charge is 0.550 e. The average Bonchev–Trinajstić information content (AvgIpc) is 2.28. The molecule has 0 unspecified atom stereocenters. The summed E-state index contributed by atoms with van der Waals surface area (Å²) in [6.07, 6.45) is 9.19. The summed E-state index contributed by atoms with van der Waals surface area (Å²) in [5.41, 5.74) is 0.376. The second kappa shape index (κ2) is 13.9. The molecule has 0 atom stereocenters. The Balaban J connectivity index is 0. The first kappa shape index (κ1) is 20.7. The van der Waals surface area contributed by atoms with Crippen LogP contribution in [0, 0.1) is 5.41 Å². The first-order chi connectivity index (χ1) is 8.83. The topological polar surface area (TPSA) is 63.0 Å². The van der Waals surface area contributed by atoms with Crippen molar-refractivity contribution < 1.29 is 15.0 Å². The Hall–Kier alpha value is -0.570. The van der Waals surface area contributed by atoms with Gasteiger partial charge in [-0.3, -0.25) is 0 Å². The van der Waals surface area contributed by atoms with Crippen molar-refractivity contribution in [2.24, 2.45) is 5.41 Å². The first-order valence-corrected chi connectivity index (χ1v) is 7.68. The van der Waals surface area contributed by atoms with Gasteiger partial charge in [-0.05, 0) is 31.1 Å². The molecule has 0 bridgehead atoms. The molecule has 0 rings (SSSR count). The van der Waals surface area contributed by atoms with Crippen molar-refractivity contribution in [3.63, 3.8) is 0 Å². The van der Waals surface area contributed by atoms with Crippen LogP contribution in [-0.2, 0) is 4.79 Å². The van der Waals surface area contributed by atoms with E-state index in [1.165, 1.54) is 25.7 Å². The highest BCUT2D eigenvalue weighted by Gasteiger charge is 2.08. The van der Waals surface area contributed by atoms with Gasteiger partial charge < -0.3 is 15.0 Å². The van der Waals surface area contributed by atoms with Gasteiger partial charge in [0.15, 0.2) is 0 Å². The Kier molecular flexibility index (Phi) is 15.1. The highest BCUT2D eigenvalue weighted by atomic mass is 16.4. The number of carbonyl (C=O) groups is 1. The Morgan fingerprint density at radius 1 is 1.00 bits per heavy atom. The minimum atomic E-state index is -0.925. The second-order valence-electron chi connectivity index (χ2n) is 6.30. The van der Waals surface area contributed by atoms with Gasteiger partial charge in [-0.25, -0.2) is 0 Å². The SMILES string of the molecule is CC(C)(C)CCCCCC(=O)[O-].CCCCCC[OH2+]. The van der Waals surface area contributed by atoms with Gasteiger partial charge in [0, 0.05) is 12.4 Å². The van der Waals surface area contributed by atoms with Gasteiger partial charge in [0.2, 0.25) is 0 Å². The Bertz CT molecular complexity index is 191. The molecule has 0 saturated carbocycles. The van der Waals surface area contributed by atoms with Crippen molar-refractivity contribution >= 4 is 5.97 Å². The van der Waals surface area contributed by atoms with E-state index in [9.17, 15) is 9.90 Å². The lowest BCUT2D eigenvalue weighted by molar-refractivity contribution is -0.305. The van der Waals surface area contributed by atoms with E-state index >= 15 is 0 Å². The highest BCUT2D eigenvalue weighted by Crippen LogP contribution is 2.22. The summed E-state index contributed by atoms with van der Waals surface area (Å²) < 4.78 is 0. The molecular weight excluding hydrogens is 240 g/mol. The zero-order chi connectivity index (χ0) is 15.1. The molecule has 3 nitrogen and oxygen atoms in total. The number of carboxylic acid groups (broad SMARTS) is 1. The van der Waals surface area contributed by atoms with Crippen LogP contribution < -0.4 is 5.11 Å². The number of hydrogen-bond acceptors (Lipinski definition) is 2. The summed E-state index contributed by atoms with van der Waals surface area (Å²) in [4.78, 5) is 10.0. The molecule has 0 heterocycles. The Morgan fingerprint density at radius 2 is 1.58 bits per heavy atom. The molecule has 0 aliphatic carbocycles. The third-order valence-electron chi connectivity index (χ3n) is 2.84. The molecule has 0 fully saturated rings. The van der Waals surface area contributed by atoms with Crippen LogP contribution >= 0.6 is 0 Å². The zero-order valence-corrected chi connectivity index (χ0v) is 13.4. The van der Waals surface area contributed by atoms with Gasteiger partial charge in [0.05, 0.1) is 0 Å². The number of unbranched alkanes of at least 4 members (excludes halogenated alkanes) is 5. The summed E-state index contributed by atoms with van der Waals surface area (Å²) in [5.74, 6) is -0.925. The van der Waals surface area contributed by atoms with Crippen LogP contribution in [0.25, 0.3) is 0 Å². The maximum Gasteiger partial charge on any atom is 0.143 e. The maximum absolute atomic E-state index is 10.0. The van der Waals surface area contributed by atoms with Crippen molar-refractivity contribution in [3.8, 4) is 0 Å². The van der Waals surface area contributed by atoms with Crippen molar-refractivity contribution in [1.82, 2.24) is 0 Å². The Morgan fingerprint density at radius 3 is 2.00 bits per heavy atom. The van der Waals surface area contributed by atoms with E-state index in [1.807, 2.05) is 0 Å². The summed E-state index contributed by atoms with van der Waals surface area (Å²) in [7, 11) is 0. The van der Waals surface area contributed by atoms with Crippen molar-refractivity contribution in [2.45, 2.75) is 85.5 Å². The lowest BCUT2D eigenvalue weighted by Crippen LogP contribution is -2.21. The minimum Gasteiger partial charge on any atom is -0.550 e. The molecule has 0 aromatic rings. The van der Waals surface area contributed by atoms with Gasteiger partial charge >= 0.3 is 0 Å². The molecule has 3 heteroatoms. The number of rotatable bonds is 9. The molecule has 19 heavy (non-hydrogen) atoms. The highest BCUT2D eigenvalue weighted by molar-refractivity contribution is 5.63. The molecule has 116 valence electrons. The second-order valence-corrected chi connectivity index (χ2v) is 6.30. The summed E-state index contributed by atoms with van der Waals surface area (Å²) in [6, 6.07) is 0. The number of carboxylic acids is 1. The summed E-state index contributed by atoms with van der Waals surface area (Å²) in [6.45, 7) is 9.40. The number of aliphatic carboxylic acids is 1. The normalized spacial score (nSPS) is 10.8. The van der Waals surface area contributed by atoms with Crippen LogP contribution in [0.3, 0.4) is 0 Å². The van der Waals surface area contributed by atoms with E-state index in [4.69, 9.17) is 5.11 Å². The van der Waals surface area contributed by atoms with Gasteiger partial charge in [-0.15, -0.1) is 0 Å². The van der Waals surface area contributed by atoms with Gasteiger partial charge in [-0.2, -0.15) is 0 Å². The molecule has 0 amide bonds. The summed E-state index contributed by atoms with van der Waals surface area (Å²) in [5, 5.41) is 16.8.